The highest BCUT2D eigenvalue weighted by Gasteiger charge is 2.43. The van der Waals surface area contributed by atoms with E-state index in [1.165, 1.54) is 30.6 Å². The molecule has 6 aliphatic heterocycles. The Morgan fingerprint density at radius 2 is 0.781 bits per heavy atom. The van der Waals surface area contributed by atoms with E-state index >= 15 is 0 Å². The highest BCUT2D eigenvalue weighted by atomic mass is 33.1. The zero-order chi connectivity index (χ0) is 69.8. The van der Waals surface area contributed by atoms with E-state index in [1.807, 2.05) is 131 Å². The molecule has 0 unspecified atom stereocenters. The molecule has 4 aromatic carbocycles. The van der Waals surface area contributed by atoms with E-state index in [4.69, 9.17) is 76.9 Å². The summed E-state index contributed by atoms with van der Waals surface area (Å²) < 4.78 is 83.3. The highest BCUT2D eigenvalue weighted by molar-refractivity contribution is 8.77. The van der Waals surface area contributed by atoms with Crippen LogP contribution in [-0.2, 0) is 75.2 Å². The molecule has 8 N–H and O–H groups in total. The number of thioether (sulfide) groups is 2. The van der Waals surface area contributed by atoms with Gasteiger partial charge in [-0.15, -0.1) is 4.33 Å². The van der Waals surface area contributed by atoms with Crippen LogP contribution in [0.15, 0.2) is 121 Å². The third kappa shape index (κ3) is 28.9. The lowest BCUT2D eigenvalue weighted by Gasteiger charge is -2.39. The SMILES string of the molecule is CC(=O)SCC1(CSC(C)=O)COC(c2ccccc2)OC1.COOSOCC1(COS(C)(=O)=O)COC(c2ccccc2)OC1.OCC(CO)(CO)CO.OCC1(CO)COC(c2ccccc2)OC1.OCC1(CO)CSSC1.c1ccc(C2OCC3(CO2)CSSC3)cc1. The molecule has 0 bridgehead atoms. The molecule has 6 fully saturated rings. The monoisotopic (exact) mass is 1500 g/mol. The van der Waals surface area contributed by atoms with Crippen molar-refractivity contribution >= 4 is 99.4 Å². The van der Waals surface area contributed by atoms with Crippen LogP contribution in [0.1, 0.15) is 61.3 Å². The lowest BCUT2D eigenvalue weighted by Crippen LogP contribution is -2.45. The van der Waals surface area contributed by atoms with Crippen molar-refractivity contribution in [3.05, 3.63) is 144 Å². The Hall–Kier alpha value is -2.18. The van der Waals surface area contributed by atoms with Gasteiger partial charge in [-0.05, 0) is 0 Å². The Morgan fingerprint density at radius 3 is 1.06 bits per heavy atom. The molecule has 0 radical (unpaired) electrons. The second-order valence-electron chi connectivity index (χ2n) is 23.9. The molecule has 540 valence electrons. The fraction of sp³-hybridized carbons (Fsp3) is 0.594. The van der Waals surface area contributed by atoms with E-state index < -0.39 is 65.4 Å². The molecule has 96 heavy (non-hydrogen) atoms. The molecule has 0 saturated carbocycles. The fourth-order valence-electron chi connectivity index (χ4n) is 8.63. The van der Waals surface area contributed by atoms with Gasteiger partial charge in [-0.2, -0.15) is 8.42 Å². The van der Waals surface area contributed by atoms with Gasteiger partial charge in [0.05, 0.1) is 149 Å². The molecule has 6 heterocycles. The third-order valence-electron chi connectivity index (χ3n) is 15.2. The molecule has 10 rings (SSSR count). The van der Waals surface area contributed by atoms with Crippen molar-refractivity contribution in [2.75, 3.05) is 167 Å². The molecule has 6 saturated heterocycles. The van der Waals surface area contributed by atoms with Gasteiger partial charge in [-0.25, -0.2) is 4.89 Å². The van der Waals surface area contributed by atoms with Gasteiger partial charge in [-0.1, -0.05) is 188 Å². The van der Waals surface area contributed by atoms with E-state index in [9.17, 15) is 28.2 Å². The van der Waals surface area contributed by atoms with Crippen molar-refractivity contribution in [2.45, 2.75) is 39.0 Å². The molecule has 0 aromatic heterocycles. The summed E-state index contributed by atoms with van der Waals surface area (Å²) in [5.41, 5.74) is 1.16. The van der Waals surface area contributed by atoms with E-state index in [2.05, 4.69) is 21.4 Å². The largest absolute Gasteiger partial charge is 0.396 e. The number of rotatable bonds is 24. The number of benzene rings is 4. The maximum atomic E-state index is 11.3. The van der Waals surface area contributed by atoms with Gasteiger partial charge in [-0.3, -0.25) is 18.0 Å². The summed E-state index contributed by atoms with van der Waals surface area (Å²) in [6.45, 7) is 5.04. The normalized spacial score (nSPS) is 21.4. The minimum absolute atomic E-state index is 0.0670. The molecule has 0 atom stereocenters. The highest BCUT2D eigenvalue weighted by Crippen LogP contribution is 2.47. The summed E-state index contributed by atoms with van der Waals surface area (Å²) >= 11 is 3.16. The van der Waals surface area contributed by atoms with Gasteiger partial charge in [0.15, 0.2) is 47.7 Å². The first-order valence-corrected chi connectivity index (χ1v) is 39.7. The predicted molar refractivity (Wildman–Crippen MR) is 374 cm³/mol. The Labute approximate surface area is 591 Å². The standard InChI is InChI=1S/C16H20O4S2.C14H20O8S2.C12H16O4.C12H14O2S2.C5H12O4.C5H10O2S2/c1-12(17)21-10-16(11-22-13(2)18)8-19-15(20-9-16)14-6-4-3-5-7-14;1-17-22-23-20-10-14(11-21-24(2,15)16)8-18-13(19-9-14)12-6-4-3-5-7-12;13-6-12(7-14)8-15-11(16-9-12)10-4-2-1-3-5-10;1-2-4-10(5-3-1)11-13-6-12(7-14-11)8-15-16-9-12;6-1-5(2-7,3-8)4-9;6-1-5(2-7)3-8-9-4-5/h3-7,15H,8-11H2,1-2H3;3-7,13H,8-11H2,1-2H3;1-5,11,13-14H,6-9H2;1-5,11H,6-9H2;6-9H,1-4H2;6-7H,1-4H2. The molecular weight excluding hydrogens is 1410 g/mol. The van der Waals surface area contributed by atoms with E-state index in [0.29, 0.717) is 50.3 Å². The Bertz CT molecular complexity index is 2720. The van der Waals surface area contributed by atoms with Gasteiger partial charge in [0.1, 0.15) is 0 Å². The zero-order valence-electron chi connectivity index (χ0n) is 54.2. The number of carbonyl (C=O) groups is 2. The number of aliphatic hydroxyl groups is 8. The van der Waals surface area contributed by atoms with Crippen LogP contribution in [0.5, 0.6) is 0 Å². The number of hydrogen-bond donors (Lipinski definition) is 8. The summed E-state index contributed by atoms with van der Waals surface area (Å²) in [5.74, 6) is 5.27. The van der Waals surface area contributed by atoms with Crippen molar-refractivity contribution in [3.63, 3.8) is 0 Å². The van der Waals surface area contributed by atoms with Crippen LogP contribution in [0.4, 0.5) is 0 Å². The van der Waals surface area contributed by atoms with Crippen molar-refractivity contribution in [1.29, 1.82) is 0 Å². The first-order valence-electron chi connectivity index (χ1n) is 30.3. The van der Waals surface area contributed by atoms with E-state index in [1.54, 1.807) is 35.4 Å². The molecule has 4 aromatic rings. The number of hydrogen-bond acceptors (Lipinski definition) is 31. The summed E-state index contributed by atoms with van der Waals surface area (Å²) in [5, 5.41) is 70.1. The maximum Gasteiger partial charge on any atom is 0.264 e. The van der Waals surface area contributed by atoms with Gasteiger partial charge in [0, 0.05) is 86.9 Å². The summed E-state index contributed by atoms with van der Waals surface area (Å²) in [4.78, 5) is 26.9. The van der Waals surface area contributed by atoms with Gasteiger partial charge < -0.3 is 78.7 Å². The second-order valence-corrected chi connectivity index (χ2v) is 33.2. The average molecular weight is 1500 g/mol. The number of ether oxygens (including phenoxy) is 8. The van der Waals surface area contributed by atoms with Crippen LogP contribution in [0.25, 0.3) is 0 Å². The van der Waals surface area contributed by atoms with E-state index in [0.717, 1.165) is 64.7 Å². The molecule has 32 heteroatoms. The molecule has 0 amide bonds. The van der Waals surface area contributed by atoms with E-state index in [-0.39, 0.29) is 91.9 Å². The first kappa shape index (κ1) is 84.5. The fourth-order valence-corrected chi connectivity index (χ4v) is 17.9. The molecular formula is C64H92O24S8. The van der Waals surface area contributed by atoms with Crippen molar-refractivity contribution in [3.8, 4) is 0 Å². The lowest BCUT2D eigenvalue weighted by molar-refractivity contribution is -0.248. The summed E-state index contributed by atoms with van der Waals surface area (Å²) in [6.07, 6.45) is -0.462. The zero-order valence-corrected chi connectivity index (χ0v) is 60.7. The van der Waals surface area contributed by atoms with Crippen LogP contribution < -0.4 is 0 Å². The Kier molecular flexibility index (Phi) is 39.0. The summed E-state index contributed by atoms with van der Waals surface area (Å²) in [6, 6.07) is 39.0. The van der Waals surface area contributed by atoms with Gasteiger partial charge in [0.25, 0.3) is 10.1 Å². The number of carbonyl (C=O) groups excluding carboxylic acids is 2. The minimum Gasteiger partial charge on any atom is -0.396 e. The van der Waals surface area contributed by atoms with Crippen molar-refractivity contribution < 1.29 is 114 Å². The third-order valence-corrected chi connectivity index (χ3v) is 24.1. The van der Waals surface area contributed by atoms with Crippen molar-refractivity contribution in [1.82, 2.24) is 0 Å². The summed E-state index contributed by atoms with van der Waals surface area (Å²) in [7, 11) is 5.07. The molecule has 6 aliphatic rings. The second kappa shape index (κ2) is 44.4. The topological polar surface area (TPSA) is 341 Å². The van der Waals surface area contributed by atoms with Crippen LogP contribution in [0.3, 0.4) is 0 Å². The average Bonchev–Trinajstić information content (AvgIpc) is 1.03. The first-order chi connectivity index (χ1) is 46.2. The lowest BCUT2D eigenvalue weighted by atomic mass is 9.91. The maximum absolute atomic E-state index is 11.3. The van der Waals surface area contributed by atoms with Crippen LogP contribution in [0, 0.1) is 32.5 Å². The molecule has 0 aliphatic carbocycles. The number of aliphatic hydroxyl groups excluding tert-OH is 8. The smallest absolute Gasteiger partial charge is 0.264 e. The Morgan fingerprint density at radius 1 is 0.469 bits per heavy atom. The van der Waals surface area contributed by atoms with Gasteiger partial charge >= 0.3 is 0 Å². The van der Waals surface area contributed by atoms with Crippen LogP contribution >= 0.6 is 79.0 Å². The predicted octanol–water partition coefficient (Wildman–Crippen LogP) is 7.24. The van der Waals surface area contributed by atoms with Crippen LogP contribution in [-0.4, -0.2) is 226 Å². The molecule has 1 spiro atoms. The molecule has 24 nitrogen and oxygen atoms in total. The Balaban J connectivity index is 0.000000215. The van der Waals surface area contributed by atoms with Gasteiger partial charge in [0.2, 0.25) is 0 Å². The van der Waals surface area contributed by atoms with Crippen LogP contribution in [0.2, 0.25) is 0 Å². The quantitative estimate of drug-likeness (QED) is 0.00855. The van der Waals surface area contributed by atoms with Crippen molar-refractivity contribution in [2.24, 2.45) is 32.5 Å². The minimum atomic E-state index is -3.59.